The van der Waals surface area contributed by atoms with E-state index in [1.807, 2.05) is 0 Å². The first-order valence-electron chi connectivity index (χ1n) is 4.89. The van der Waals surface area contributed by atoms with Gasteiger partial charge in [0, 0.05) is 6.04 Å². The van der Waals surface area contributed by atoms with Crippen molar-refractivity contribution in [1.29, 1.82) is 0 Å². The third-order valence-corrected chi connectivity index (χ3v) is 2.10. The molecule has 0 saturated carbocycles. The van der Waals surface area contributed by atoms with Crippen LogP contribution in [0.1, 0.15) is 26.2 Å². The molecule has 1 heterocycles. The summed E-state index contributed by atoms with van der Waals surface area (Å²) in [6.45, 7) is 4.94. The Morgan fingerprint density at radius 1 is 1.50 bits per heavy atom. The molecule has 0 radical (unpaired) electrons. The van der Waals surface area contributed by atoms with Crippen molar-refractivity contribution in [2.24, 2.45) is 0 Å². The molecule has 0 aromatic heterocycles. The Bertz CT molecular complexity index is 128. The van der Waals surface area contributed by atoms with Crippen molar-refractivity contribution in [2.75, 3.05) is 19.8 Å². The van der Waals surface area contributed by atoms with E-state index in [2.05, 4.69) is 24.4 Å². The molecule has 1 aliphatic rings. The first-order chi connectivity index (χ1) is 5.93. The van der Waals surface area contributed by atoms with Gasteiger partial charge in [-0.3, -0.25) is 0 Å². The molecule has 0 amide bonds. The van der Waals surface area contributed by atoms with Crippen molar-refractivity contribution >= 4 is 0 Å². The van der Waals surface area contributed by atoms with Crippen LogP contribution in [0.3, 0.4) is 0 Å². The second kappa shape index (κ2) is 6.21. The Kier molecular flexibility index (Phi) is 5.04. The van der Waals surface area contributed by atoms with Crippen LogP contribution in [0.4, 0.5) is 0 Å². The van der Waals surface area contributed by atoms with Crippen LogP contribution < -0.4 is 5.32 Å². The molecule has 2 heteroatoms. The summed E-state index contributed by atoms with van der Waals surface area (Å²) >= 11 is 0. The van der Waals surface area contributed by atoms with Crippen LogP contribution in [0.5, 0.6) is 0 Å². The molecule has 0 aliphatic carbocycles. The SMILES string of the molecule is CC/C=C\COC[C@H]1CCCN1. The number of nitrogens with one attached hydrogen (secondary N) is 1. The minimum Gasteiger partial charge on any atom is -0.376 e. The van der Waals surface area contributed by atoms with E-state index in [-0.39, 0.29) is 0 Å². The summed E-state index contributed by atoms with van der Waals surface area (Å²) in [5.41, 5.74) is 0. The third-order valence-electron chi connectivity index (χ3n) is 2.10. The average molecular weight is 169 g/mol. The largest absolute Gasteiger partial charge is 0.376 e. The number of hydrogen-bond acceptors (Lipinski definition) is 2. The zero-order valence-corrected chi connectivity index (χ0v) is 7.88. The van der Waals surface area contributed by atoms with E-state index in [9.17, 15) is 0 Å². The van der Waals surface area contributed by atoms with E-state index in [1.165, 1.54) is 19.4 Å². The van der Waals surface area contributed by atoms with Crippen LogP contribution in [-0.4, -0.2) is 25.8 Å². The van der Waals surface area contributed by atoms with Gasteiger partial charge < -0.3 is 10.1 Å². The summed E-state index contributed by atoms with van der Waals surface area (Å²) in [5, 5.41) is 3.40. The second-order valence-electron chi connectivity index (χ2n) is 3.21. The lowest BCUT2D eigenvalue weighted by molar-refractivity contribution is 0.141. The number of ether oxygens (including phenoxy) is 1. The fraction of sp³-hybridized carbons (Fsp3) is 0.800. The van der Waals surface area contributed by atoms with Gasteiger partial charge in [0.2, 0.25) is 0 Å². The fourth-order valence-electron chi connectivity index (χ4n) is 1.41. The van der Waals surface area contributed by atoms with Crippen molar-refractivity contribution in [3.8, 4) is 0 Å². The Morgan fingerprint density at radius 3 is 3.08 bits per heavy atom. The highest BCUT2D eigenvalue weighted by molar-refractivity contribution is 4.80. The predicted molar refractivity (Wildman–Crippen MR) is 51.3 cm³/mol. The molecule has 1 fully saturated rings. The van der Waals surface area contributed by atoms with Gasteiger partial charge in [-0.05, 0) is 25.8 Å². The highest BCUT2D eigenvalue weighted by atomic mass is 16.5. The molecule has 1 aliphatic heterocycles. The first-order valence-corrected chi connectivity index (χ1v) is 4.89. The molecule has 0 unspecified atom stereocenters. The van der Waals surface area contributed by atoms with E-state index in [0.717, 1.165) is 19.6 Å². The molecule has 12 heavy (non-hydrogen) atoms. The summed E-state index contributed by atoms with van der Waals surface area (Å²) in [6, 6.07) is 0.611. The van der Waals surface area contributed by atoms with Gasteiger partial charge in [-0.2, -0.15) is 0 Å². The summed E-state index contributed by atoms with van der Waals surface area (Å²) in [5.74, 6) is 0. The Morgan fingerprint density at radius 2 is 2.42 bits per heavy atom. The number of hydrogen-bond donors (Lipinski definition) is 1. The van der Waals surface area contributed by atoms with Crippen molar-refractivity contribution in [3.05, 3.63) is 12.2 Å². The lowest BCUT2D eigenvalue weighted by atomic mass is 10.2. The Hall–Kier alpha value is -0.340. The van der Waals surface area contributed by atoms with E-state index in [1.54, 1.807) is 0 Å². The topological polar surface area (TPSA) is 21.3 Å². The van der Waals surface area contributed by atoms with Crippen LogP contribution in [0.15, 0.2) is 12.2 Å². The Labute approximate surface area is 75.0 Å². The van der Waals surface area contributed by atoms with Crippen LogP contribution in [0, 0.1) is 0 Å². The van der Waals surface area contributed by atoms with Crippen LogP contribution in [0.2, 0.25) is 0 Å². The van der Waals surface area contributed by atoms with Crippen LogP contribution in [-0.2, 0) is 4.74 Å². The molecule has 70 valence electrons. The van der Waals surface area contributed by atoms with E-state index in [4.69, 9.17) is 4.74 Å². The quantitative estimate of drug-likeness (QED) is 0.500. The molecule has 0 aromatic rings. The van der Waals surface area contributed by atoms with E-state index < -0.39 is 0 Å². The molecule has 0 bridgehead atoms. The molecule has 1 N–H and O–H groups in total. The van der Waals surface area contributed by atoms with Gasteiger partial charge in [0.25, 0.3) is 0 Å². The minimum absolute atomic E-state index is 0.611. The van der Waals surface area contributed by atoms with Gasteiger partial charge in [0.05, 0.1) is 13.2 Å². The smallest absolute Gasteiger partial charge is 0.0648 e. The summed E-state index contributed by atoms with van der Waals surface area (Å²) in [4.78, 5) is 0. The van der Waals surface area contributed by atoms with E-state index in [0.29, 0.717) is 6.04 Å². The summed E-state index contributed by atoms with van der Waals surface area (Å²) in [6.07, 6.45) is 7.92. The lowest BCUT2D eigenvalue weighted by Crippen LogP contribution is -2.26. The molecule has 0 spiro atoms. The molecule has 1 atom stereocenters. The molecule has 1 rings (SSSR count). The average Bonchev–Trinajstić information content (AvgIpc) is 2.57. The Balaban J connectivity index is 1.91. The van der Waals surface area contributed by atoms with Gasteiger partial charge in [-0.15, -0.1) is 0 Å². The van der Waals surface area contributed by atoms with Crippen LogP contribution >= 0.6 is 0 Å². The van der Waals surface area contributed by atoms with Crippen molar-refractivity contribution in [2.45, 2.75) is 32.2 Å². The van der Waals surface area contributed by atoms with Gasteiger partial charge >= 0.3 is 0 Å². The van der Waals surface area contributed by atoms with Gasteiger partial charge in [0.1, 0.15) is 0 Å². The number of rotatable bonds is 5. The van der Waals surface area contributed by atoms with Crippen molar-refractivity contribution in [1.82, 2.24) is 5.32 Å². The number of allylic oxidation sites excluding steroid dienone is 1. The first kappa shape index (κ1) is 9.75. The van der Waals surface area contributed by atoms with Gasteiger partial charge in [0.15, 0.2) is 0 Å². The highest BCUT2D eigenvalue weighted by Crippen LogP contribution is 2.04. The normalized spacial score (nSPS) is 23.9. The van der Waals surface area contributed by atoms with Crippen LogP contribution in [0.25, 0.3) is 0 Å². The summed E-state index contributed by atoms with van der Waals surface area (Å²) in [7, 11) is 0. The maximum Gasteiger partial charge on any atom is 0.0648 e. The third kappa shape index (κ3) is 3.88. The highest BCUT2D eigenvalue weighted by Gasteiger charge is 2.12. The van der Waals surface area contributed by atoms with Gasteiger partial charge in [-0.1, -0.05) is 19.1 Å². The predicted octanol–water partition coefficient (Wildman–Crippen LogP) is 1.72. The van der Waals surface area contributed by atoms with E-state index >= 15 is 0 Å². The summed E-state index contributed by atoms with van der Waals surface area (Å²) < 4.78 is 5.47. The fourth-order valence-corrected chi connectivity index (χ4v) is 1.41. The minimum atomic E-state index is 0.611. The molecular formula is C10H19NO. The zero-order chi connectivity index (χ0) is 8.65. The monoisotopic (exact) mass is 169 g/mol. The lowest BCUT2D eigenvalue weighted by Gasteiger charge is -2.08. The zero-order valence-electron chi connectivity index (χ0n) is 7.88. The van der Waals surface area contributed by atoms with Gasteiger partial charge in [-0.25, -0.2) is 0 Å². The molecule has 1 saturated heterocycles. The maximum absolute atomic E-state index is 5.47. The van der Waals surface area contributed by atoms with Crippen molar-refractivity contribution < 1.29 is 4.74 Å². The maximum atomic E-state index is 5.47. The molecule has 2 nitrogen and oxygen atoms in total. The molecular weight excluding hydrogens is 150 g/mol. The standard InChI is InChI=1S/C10H19NO/c1-2-3-4-8-12-9-10-6-5-7-11-10/h3-4,10-11H,2,5-9H2,1H3/b4-3-/t10-/m1/s1. The molecule has 0 aromatic carbocycles. The second-order valence-corrected chi connectivity index (χ2v) is 3.21. The van der Waals surface area contributed by atoms with Crippen molar-refractivity contribution in [3.63, 3.8) is 0 Å².